The summed E-state index contributed by atoms with van der Waals surface area (Å²) in [5.41, 5.74) is 0.330. The van der Waals surface area contributed by atoms with Gasteiger partial charge in [0.15, 0.2) is 6.61 Å². The smallest absolute Gasteiger partial charge is 0.341 e. The van der Waals surface area contributed by atoms with Crippen LogP contribution in [0.4, 0.5) is 21.5 Å². The minimum Gasteiger partial charge on any atom is -0.452 e. The highest BCUT2D eigenvalue weighted by atomic mass is 19.1. The quantitative estimate of drug-likeness (QED) is 0.472. The normalized spacial score (nSPS) is 10.0. The standard InChI is InChI=1S/C16H14FN3O5/c1-18-14-7-6-12(20(23)24)8-13(14)16(22)25-9-15(21)19-11-4-2-10(17)3-5-11/h2-8,18H,9H2,1H3,(H,19,21). The van der Waals surface area contributed by atoms with Crippen molar-refractivity contribution in [3.05, 3.63) is 64.0 Å². The molecule has 130 valence electrons. The minimum atomic E-state index is -0.887. The van der Waals surface area contributed by atoms with E-state index >= 15 is 0 Å². The summed E-state index contributed by atoms with van der Waals surface area (Å²) in [5.74, 6) is -1.96. The van der Waals surface area contributed by atoms with Crippen LogP contribution in [-0.4, -0.2) is 30.5 Å². The Morgan fingerprint density at radius 3 is 2.48 bits per heavy atom. The van der Waals surface area contributed by atoms with Crippen molar-refractivity contribution < 1.29 is 23.6 Å². The minimum absolute atomic E-state index is 0.0636. The van der Waals surface area contributed by atoms with E-state index in [1.54, 1.807) is 7.05 Å². The second-order valence-corrected chi connectivity index (χ2v) is 4.87. The van der Waals surface area contributed by atoms with Gasteiger partial charge in [-0.2, -0.15) is 0 Å². The number of esters is 1. The molecule has 2 aromatic carbocycles. The zero-order valence-corrected chi connectivity index (χ0v) is 13.1. The number of nitro groups is 1. The summed E-state index contributed by atoms with van der Waals surface area (Å²) in [6.07, 6.45) is 0. The van der Waals surface area contributed by atoms with Crippen molar-refractivity contribution in [2.75, 3.05) is 24.3 Å². The maximum absolute atomic E-state index is 12.8. The molecule has 8 nitrogen and oxygen atoms in total. The van der Waals surface area contributed by atoms with Crippen molar-refractivity contribution >= 4 is 28.9 Å². The van der Waals surface area contributed by atoms with E-state index in [1.807, 2.05) is 0 Å². The number of ether oxygens (including phenoxy) is 1. The summed E-state index contributed by atoms with van der Waals surface area (Å²) in [4.78, 5) is 34.0. The van der Waals surface area contributed by atoms with Crippen LogP contribution in [-0.2, 0) is 9.53 Å². The number of halogens is 1. The fourth-order valence-electron chi connectivity index (χ4n) is 1.97. The van der Waals surface area contributed by atoms with Crippen molar-refractivity contribution in [3.63, 3.8) is 0 Å². The average Bonchev–Trinajstić information content (AvgIpc) is 2.61. The molecule has 0 heterocycles. The van der Waals surface area contributed by atoms with Gasteiger partial charge in [0.25, 0.3) is 11.6 Å². The lowest BCUT2D eigenvalue weighted by molar-refractivity contribution is -0.384. The van der Waals surface area contributed by atoms with E-state index in [0.717, 1.165) is 6.07 Å². The van der Waals surface area contributed by atoms with Crippen LogP contribution in [0.3, 0.4) is 0 Å². The summed E-state index contributed by atoms with van der Waals surface area (Å²) < 4.78 is 17.7. The molecule has 9 heteroatoms. The molecule has 0 fully saturated rings. The van der Waals surface area contributed by atoms with Crippen LogP contribution in [0.15, 0.2) is 42.5 Å². The lowest BCUT2D eigenvalue weighted by Crippen LogP contribution is -2.21. The molecule has 0 unspecified atom stereocenters. The number of anilines is 2. The number of non-ortho nitro benzene ring substituents is 1. The third-order valence-corrected chi connectivity index (χ3v) is 3.17. The van der Waals surface area contributed by atoms with Gasteiger partial charge in [0.1, 0.15) is 5.82 Å². The maximum Gasteiger partial charge on any atom is 0.341 e. The lowest BCUT2D eigenvalue weighted by Gasteiger charge is -2.09. The van der Waals surface area contributed by atoms with Gasteiger partial charge in [-0.3, -0.25) is 14.9 Å². The average molecular weight is 347 g/mol. The molecular weight excluding hydrogens is 333 g/mol. The van der Waals surface area contributed by atoms with E-state index in [2.05, 4.69) is 10.6 Å². The summed E-state index contributed by atoms with van der Waals surface area (Å²) in [5, 5.41) is 16.0. The largest absolute Gasteiger partial charge is 0.452 e. The number of rotatable bonds is 6. The maximum atomic E-state index is 12.8. The van der Waals surface area contributed by atoms with E-state index in [0.29, 0.717) is 11.4 Å². The summed E-state index contributed by atoms with van der Waals surface area (Å²) in [6, 6.07) is 8.72. The number of nitrogens with one attached hydrogen (secondary N) is 2. The van der Waals surface area contributed by atoms with Crippen LogP contribution in [0.5, 0.6) is 0 Å². The molecule has 0 radical (unpaired) electrons. The van der Waals surface area contributed by atoms with Gasteiger partial charge >= 0.3 is 5.97 Å². The molecule has 1 amide bonds. The van der Waals surface area contributed by atoms with Crippen molar-refractivity contribution in [2.24, 2.45) is 0 Å². The molecule has 0 atom stereocenters. The monoisotopic (exact) mass is 347 g/mol. The molecular formula is C16H14FN3O5. The highest BCUT2D eigenvalue weighted by Gasteiger charge is 2.18. The molecule has 0 aliphatic heterocycles. The van der Waals surface area contributed by atoms with Gasteiger partial charge in [-0.25, -0.2) is 9.18 Å². The van der Waals surface area contributed by atoms with Gasteiger partial charge in [0.05, 0.1) is 10.5 Å². The number of nitro benzene ring substituents is 1. The first-order valence-corrected chi connectivity index (χ1v) is 7.09. The molecule has 0 aliphatic carbocycles. The van der Waals surface area contributed by atoms with Gasteiger partial charge in [-0.1, -0.05) is 0 Å². The second-order valence-electron chi connectivity index (χ2n) is 4.87. The van der Waals surface area contributed by atoms with Crippen molar-refractivity contribution in [1.82, 2.24) is 0 Å². The van der Waals surface area contributed by atoms with Crippen LogP contribution >= 0.6 is 0 Å². The number of hydrogen-bond donors (Lipinski definition) is 2. The van der Waals surface area contributed by atoms with Crippen molar-refractivity contribution in [3.8, 4) is 0 Å². The molecule has 0 saturated carbocycles. The number of hydrogen-bond acceptors (Lipinski definition) is 6. The van der Waals surface area contributed by atoms with E-state index in [4.69, 9.17) is 4.74 Å². The molecule has 0 saturated heterocycles. The van der Waals surface area contributed by atoms with E-state index in [9.17, 15) is 24.1 Å². The van der Waals surface area contributed by atoms with Crippen LogP contribution < -0.4 is 10.6 Å². The number of carbonyl (C=O) groups is 2. The molecule has 25 heavy (non-hydrogen) atoms. The zero-order valence-electron chi connectivity index (χ0n) is 13.1. The molecule has 2 rings (SSSR count). The Morgan fingerprint density at radius 2 is 1.88 bits per heavy atom. The van der Waals surface area contributed by atoms with E-state index in [1.165, 1.54) is 36.4 Å². The topological polar surface area (TPSA) is 111 Å². The fraction of sp³-hybridized carbons (Fsp3) is 0.125. The Balaban J connectivity index is 2.01. The van der Waals surface area contributed by atoms with Gasteiger partial charge in [-0.15, -0.1) is 0 Å². The number of amides is 1. The molecule has 0 aliphatic rings. The Morgan fingerprint density at radius 1 is 1.20 bits per heavy atom. The van der Waals surface area contributed by atoms with Gasteiger partial charge < -0.3 is 15.4 Å². The predicted molar refractivity (Wildman–Crippen MR) is 88.0 cm³/mol. The first kappa shape index (κ1) is 17.9. The first-order valence-electron chi connectivity index (χ1n) is 7.09. The first-order chi connectivity index (χ1) is 11.9. The second kappa shape index (κ2) is 7.86. The van der Waals surface area contributed by atoms with Crippen LogP contribution in [0.25, 0.3) is 0 Å². The summed E-state index contributed by atoms with van der Waals surface area (Å²) >= 11 is 0. The number of carbonyl (C=O) groups excluding carboxylic acids is 2. The van der Waals surface area contributed by atoms with Crippen molar-refractivity contribution in [1.29, 1.82) is 0 Å². The SMILES string of the molecule is CNc1ccc([N+](=O)[O-])cc1C(=O)OCC(=O)Nc1ccc(F)cc1. The summed E-state index contributed by atoms with van der Waals surface area (Å²) in [7, 11) is 1.54. The Hall–Kier alpha value is -3.49. The van der Waals surface area contributed by atoms with Crippen molar-refractivity contribution in [2.45, 2.75) is 0 Å². The summed E-state index contributed by atoms with van der Waals surface area (Å²) in [6.45, 7) is -0.595. The molecule has 2 N–H and O–H groups in total. The predicted octanol–water partition coefficient (Wildman–Crippen LogP) is 2.57. The third kappa shape index (κ3) is 4.74. The van der Waals surface area contributed by atoms with Crippen LogP contribution in [0.2, 0.25) is 0 Å². The molecule has 0 bridgehead atoms. The third-order valence-electron chi connectivity index (χ3n) is 3.17. The fourth-order valence-corrected chi connectivity index (χ4v) is 1.97. The lowest BCUT2D eigenvalue weighted by atomic mass is 10.1. The van der Waals surface area contributed by atoms with Gasteiger partial charge in [0, 0.05) is 30.6 Å². The van der Waals surface area contributed by atoms with Gasteiger partial charge in [-0.05, 0) is 30.3 Å². The Bertz CT molecular complexity index is 808. The highest BCUT2D eigenvalue weighted by Crippen LogP contribution is 2.22. The molecule has 0 aromatic heterocycles. The van der Waals surface area contributed by atoms with Crippen LogP contribution in [0, 0.1) is 15.9 Å². The van der Waals surface area contributed by atoms with E-state index in [-0.39, 0.29) is 11.3 Å². The Kier molecular flexibility index (Phi) is 5.62. The van der Waals surface area contributed by atoms with Crippen LogP contribution in [0.1, 0.15) is 10.4 Å². The highest BCUT2D eigenvalue weighted by molar-refractivity contribution is 5.99. The van der Waals surface area contributed by atoms with Gasteiger partial charge in [0.2, 0.25) is 0 Å². The number of benzene rings is 2. The molecule has 0 spiro atoms. The van der Waals surface area contributed by atoms with E-state index < -0.39 is 29.2 Å². The number of nitrogens with zero attached hydrogens (tertiary/aromatic N) is 1. The molecule has 2 aromatic rings. The zero-order chi connectivity index (χ0) is 18.4. The Labute approximate surface area is 141 Å².